The lowest BCUT2D eigenvalue weighted by molar-refractivity contribution is 0.203. The molecule has 0 bridgehead atoms. The molecule has 1 aromatic carbocycles. The number of hydrogen-bond donors (Lipinski definition) is 1. The minimum absolute atomic E-state index is 0.389. The molecule has 1 aliphatic carbocycles. The lowest BCUT2D eigenvalue weighted by Gasteiger charge is -2.24. The molecule has 2 fully saturated rings. The SMILES string of the molecule is OCC1CCC2(CCN(Cc3ccccc3)C2)C1. The third-order valence-corrected chi connectivity index (χ3v) is 4.83. The van der Waals surface area contributed by atoms with Gasteiger partial charge in [-0.1, -0.05) is 30.3 Å². The number of benzene rings is 1. The van der Waals surface area contributed by atoms with Gasteiger partial charge >= 0.3 is 0 Å². The Kier molecular flexibility index (Phi) is 3.40. The third kappa shape index (κ3) is 2.45. The largest absolute Gasteiger partial charge is 0.396 e. The van der Waals surface area contributed by atoms with Crippen LogP contribution in [0.3, 0.4) is 0 Å². The topological polar surface area (TPSA) is 23.5 Å². The standard InChI is InChI=1S/C16H23NO/c18-12-15-6-7-16(10-15)8-9-17(13-16)11-14-4-2-1-3-5-14/h1-5,15,18H,6-13H2. The minimum Gasteiger partial charge on any atom is -0.396 e. The number of nitrogens with zero attached hydrogens (tertiary/aromatic N) is 1. The maximum absolute atomic E-state index is 9.30. The Morgan fingerprint density at radius 2 is 2.06 bits per heavy atom. The number of rotatable bonds is 3. The van der Waals surface area contributed by atoms with Crippen LogP contribution in [0.15, 0.2) is 30.3 Å². The van der Waals surface area contributed by atoms with Crippen LogP contribution >= 0.6 is 0 Å². The maximum Gasteiger partial charge on any atom is 0.0459 e. The molecule has 0 radical (unpaired) electrons. The molecule has 0 amide bonds. The molecule has 1 saturated carbocycles. The molecular formula is C16H23NO. The first-order valence-corrected chi connectivity index (χ1v) is 7.17. The van der Waals surface area contributed by atoms with E-state index in [1.165, 1.54) is 44.3 Å². The smallest absolute Gasteiger partial charge is 0.0459 e. The van der Waals surface area contributed by atoms with Crippen molar-refractivity contribution in [3.8, 4) is 0 Å². The zero-order chi connectivity index (χ0) is 12.4. The van der Waals surface area contributed by atoms with E-state index in [1.807, 2.05) is 0 Å². The summed E-state index contributed by atoms with van der Waals surface area (Å²) in [5.41, 5.74) is 1.95. The summed E-state index contributed by atoms with van der Waals surface area (Å²) in [5.74, 6) is 0.571. The lowest BCUT2D eigenvalue weighted by atomic mass is 9.84. The first-order valence-electron chi connectivity index (χ1n) is 7.17. The average molecular weight is 245 g/mol. The van der Waals surface area contributed by atoms with Crippen molar-refractivity contribution in [1.29, 1.82) is 0 Å². The fraction of sp³-hybridized carbons (Fsp3) is 0.625. The molecule has 2 heteroatoms. The van der Waals surface area contributed by atoms with Crippen LogP contribution in [0.1, 0.15) is 31.2 Å². The highest BCUT2D eigenvalue weighted by atomic mass is 16.3. The molecular weight excluding hydrogens is 222 g/mol. The normalized spacial score (nSPS) is 32.4. The van der Waals surface area contributed by atoms with E-state index in [-0.39, 0.29) is 0 Å². The second kappa shape index (κ2) is 5.02. The molecule has 1 aliphatic heterocycles. The molecule has 2 nitrogen and oxygen atoms in total. The number of hydrogen-bond acceptors (Lipinski definition) is 2. The van der Waals surface area contributed by atoms with Gasteiger partial charge in [-0.25, -0.2) is 0 Å². The fourth-order valence-corrected chi connectivity index (χ4v) is 3.86. The first-order chi connectivity index (χ1) is 8.80. The van der Waals surface area contributed by atoms with Gasteiger partial charge in [-0.3, -0.25) is 4.90 Å². The van der Waals surface area contributed by atoms with E-state index >= 15 is 0 Å². The van der Waals surface area contributed by atoms with Gasteiger partial charge in [0.15, 0.2) is 0 Å². The molecule has 1 saturated heterocycles. The number of aliphatic hydroxyl groups excluding tert-OH is 1. The Morgan fingerprint density at radius 3 is 2.78 bits per heavy atom. The van der Waals surface area contributed by atoms with Crippen LogP contribution in [0.4, 0.5) is 0 Å². The van der Waals surface area contributed by atoms with Crippen LogP contribution in [0.25, 0.3) is 0 Å². The van der Waals surface area contributed by atoms with Crippen molar-refractivity contribution in [1.82, 2.24) is 4.90 Å². The van der Waals surface area contributed by atoms with Gasteiger partial charge in [0, 0.05) is 19.7 Å². The van der Waals surface area contributed by atoms with Crippen molar-refractivity contribution in [2.24, 2.45) is 11.3 Å². The van der Waals surface area contributed by atoms with Crippen molar-refractivity contribution in [2.45, 2.75) is 32.2 Å². The minimum atomic E-state index is 0.389. The van der Waals surface area contributed by atoms with Gasteiger partial charge in [-0.05, 0) is 49.1 Å². The van der Waals surface area contributed by atoms with Crippen LogP contribution in [-0.2, 0) is 6.54 Å². The van der Waals surface area contributed by atoms with E-state index in [2.05, 4.69) is 35.2 Å². The maximum atomic E-state index is 9.30. The van der Waals surface area contributed by atoms with Gasteiger partial charge in [0.1, 0.15) is 0 Å². The highest BCUT2D eigenvalue weighted by Gasteiger charge is 2.43. The molecule has 1 N–H and O–H groups in total. The Labute approximate surface area is 110 Å². The summed E-state index contributed by atoms with van der Waals surface area (Å²) >= 11 is 0. The molecule has 98 valence electrons. The number of likely N-dealkylation sites (tertiary alicyclic amines) is 1. The Balaban J connectivity index is 1.59. The van der Waals surface area contributed by atoms with Crippen LogP contribution < -0.4 is 0 Å². The monoisotopic (exact) mass is 245 g/mol. The molecule has 2 atom stereocenters. The van der Waals surface area contributed by atoms with E-state index < -0.39 is 0 Å². The van der Waals surface area contributed by atoms with Gasteiger partial charge < -0.3 is 5.11 Å². The summed E-state index contributed by atoms with van der Waals surface area (Å²) in [6.07, 6.45) is 5.13. The van der Waals surface area contributed by atoms with Crippen LogP contribution in [0.2, 0.25) is 0 Å². The Hall–Kier alpha value is -0.860. The molecule has 2 aliphatic rings. The van der Waals surface area contributed by atoms with Crippen molar-refractivity contribution in [2.75, 3.05) is 19.7 Å². The van der Waals surface area contributed by atoms with Crippen molar-refractivity contribution in [3.05, 3.63) is 35.9 Å². The van der Waals surface area contributed by atoms with Crippen LogP contribution in [0.5, 0.6) is 0 Å². The predicted octanol–water partition coefficient (Wildman–Crippen LogP) is 2.67. The average Bonchev–Trinajstić information content (AvgIpc) is 2.99. The summed E-state index contributed by atoms with van der Waals surface area (Å²) in [6, 6.07) is 10.8. The molecule has 1 aromatic rings. The van der Waals surface area contributed by atoms with Gasteiger partial charge in [-0.15, -0.1) is 0 Å². The van der Waals surface area contributed by atoms with E-state index in [0.717, 1.165) is 6.54 Å². The Bertz CT molecular complexity index is 391. The van der Waals surface area contributed by atoms with Gasteiger partial charge in [-0.2, -0.15) is 0 Å². The van der Waals surface area contributed by atoms with Gasteiger partial charge in [0.2, 0.25) is 0 Å². The highest BCUT2D eigenvalue weighted by molar-refractivity contribution is 5.15. The molecule has 1 heterocycles. The third-order valence-electron chi connectivity index (χ3n) is 4.83. The zero-order valence-corrected chi connectivity index (χ0v) is 11.0. The van der Waals surface area contributed by atoms with Crippen molar-refractivity contribution < 1.29 is 5.11 Å². The number of aliphatic hydroxyl groups is 1. The lowest BCUT2D eigenvalue weighted by Crippen LogP contribution is -2.25. The Morgan fingerprint density at radius 1 is 1.22 bits per heavy atom. The van der Waals surface area contributed by atoms with Gasteiger partial charge in [0.25, 0.3) is 0 Å². The van der Waals surface area contributed by atoms with E-state index in [1.54, 1.807) is 0 Å². The van der Waals surface area contributed by atoms with E-state index in [0.29, 0.717) is 17.9 Å². The predicted molar refractivity (Wildman–Crippen MR) is 73.2 cm³/mol. The van der Waals surface area contributed by atoms with Crippen molar-refractivity contribution in [3.63, 3.8) is 0 Å². The van der Waals surface area contributed by atoms with Crippen LogP contribution in [-0.4, -0.2) is 29.7 Å². The molecule has 0 aromatic heterocycles. The summed E-state index contributed by atoms with van der Waals surface area (Å²) in [6.45, 7) is 3.94. The quantitative estimate of drug-likeness (QED) is 0.885. The fourth-order valence-electron chi connectivity index (χ4n) is 3.86. The summed E-state index contributed by atoms with van der Waals surface area (Å²) < 4.78 is 0. The van der Waals surface area contributed by atoms with E-state index in [4.69, 9.17) is 0 Å². The van der Waals surface area contributed by atoms with Crippen molar-refractivity contribution >= 4 is 0 Å². The van der Waals surface area contributed by atoms with E-state index in [9.17, 15) is 5.11 Å². The first kappa shape index (κ1) is 12.2. The molecule has 18 heavy (non-hydrogen) atoms. The second-order valence-corrected chi connectivity index (χ2v) is 6.24. The zero-order valence-electron chi connectivity index (χ0n) is 11.0. The molecule has 2 unspecified atom stereocenters. The summed E-state index contributed by atoms with van der Waals surface area (Å²) in [5, 5.41) is 9.30. The second-order valence-electron chi connectivity index (χ2n) is 6.24. The molecule has 1 spiro atoms. The van der Waals surface area contributed by atoms with Crippen LogP contribution in [0, 0.1) is 11.3 Å². The summed E-state index contributed by atoms with van der Waals surface area (Å²) in [4.78, 5) is 2.59. The molecule has 3 rings (SSSR count). The highest BCUT2D eigenvalue weighted by Crippen LogP contribution is 2.48. The van der Waals surface area contributed by atoms with Gasteiger partial charge in [0.05, 0.1) is 0 Å². The summed E-state index contributed by atoms with van der Waals surface area (Å²) in [7, 11) is 0.